The van der Waals surface area contributed by atoms with Crippen LogP contribution in [-0.4, -0.2) is 24.9 Å². The van der Waals surface area contributed by atoms with Crippen molar-refractivity contribution in [3.05, 3.63) is 23.8 Å². The summed E-state index contributed by atoms with van der Waals surface area (Å²) in [5, 5.41) is 0. The molecule has 1 aromatic carbocycles. The Kier molecular flexibility index (Phi) is 5.62. The summed E-state index contributed by atoms with van der Waals surface area (Å²) in [5.74, 6) is -1.36. The Hall–Kier alpha value is -1.50. The predicted octanol–water partition coefficient (Wildman–Crippen LogP) is 3.10. The first-order valence-electron chi connectivity index (χ1n) is 5.95. The molecule has 0 saturated heterocycles. The molecule has 1 unspecified atom stereocenters. The Morgan fingerprint density at radius 2 is 2.00 bits per heavy atom. The van der Waals surface area contributed by atoms with Crippen molar-refractivity contribution < 1.29 is 22.6 Å². The molecule has 0 radical (unpaired) electrons. The van der Waals surface area contributed by atoms with Crippen molar-refractivity contribution in [3.63, 3.8) is 0 Å². The summed E-state index contributed by atoms with van der Waals surface area (Å²) >= 11 is 4.43. The van der Waals surface area contributed by atoms with Gasteiger partial charge in [0.05, 0.1) is 12.1 Å². The highest BCUT2D eigenvalue weighted by Crippen LogP contribution is 2.31. The molecule has 0 heterocycles. The summed E-state index contributed by atoms with van der Waals surface area (Å²) in [6.07, 6.45) is -3.74. The van der Waals surface area contributed by atoms with Crippen molar-refractivity contribution >= 4 is 17.2 Å². The second-order valence-corrected chi connectivity index (χ2v) is 4.62. The van der Waals surface area contributed by atoms with Gasteiger partial charge < -0.3 is 15.2 Å². The van der Waals surface area contributed by atoms with Crippen LogP contribution in [0.5, 0.6) is 11.5 Å². The van der Waals surface area contributed by atoms with E-state index in [2.05, 4.69) is 12.2 Å². The molecule has 7 heteroatoms. The maximum Gasteiger partial charge on any atom is 0.401 e. The van der Waals surface area contributed by atoms with Gasteiger partial charge in [0.25, 0.3) is 0 Å². The topological polar surface area (TPSA) is 44.5 Å². The Balaban J connectivity index is 2.85. The number of halogens is 3. The summed E-state index contributed by atoms with van der Waals surface area (Å²) in [6, 6.07) is 5.06. The first-order valence-corrected chi connectivity index (χ1v) is 6.36. The SMILES string of the molecule is CCc1ccc(OCC(C(N)=S)C(F)(F)F)c(OC)c1. The second-order valence-electron chi connectivity index (χ2n) is 4.15. The summed E-state index contributed by atoms with van der Waals surface area (Å²) in [4.78, 5) is -0.637. The van der Waals surface area contributed by atoms with Gasteiger partial charge in [-0.1, -0.05) is 25.2 Å². The van der Waals surface area contributed by atoms with Crippen LogP contribution in [0.2, 0.25) is 0 Å². The van der Waals surface area contributed by atoms with Gasteiger partial charge in [0, 0.05) is 0 Å². The third-order valence-corrected chi connectivity index (χ3v) is 3.06. The van der Waals surface area contributed by atoms with E-state index < -0.39 is 23.7 Å². The van der Waals surface area contributed by atoms with Crippen LogP contribution in [0.15, 0.2) is 18.2 Å². The normalized spacial score (nSPS) is 12.8. The highest BCUT2D eigenvalue weighted by molar-refractivity contribution is 7.80. The molecule has 0 bridgehead atoms. The van der Waals surface area contributed by atoms with E-state index in [1.54, 1.807) is 18.2 Å². The number of methoxy groups -OCH3 is 1. The number of alkyl halides is 3. The van der Waals surface area contributed by atoms with Gasteiger partial charge in [-0.15, -0.1) is 0 Å². The van der Waals surface area contributed by atoms with Crippen molar-refractivity contribution in [3.8, 4) is 11.5 Å². The Bertz CT molecular complexity index is 477. The lowest BCUT2D eigenvalue weighted by atomic mass is 10.1. The quantitative estimate of drug-likeness (QED) is 0.820. The number of hydrogen-bond donors (Lipinski definition) is 1. The molecule has 0 amide bonds. The number of benzene rings is 1. The largest absolute Gasteiger partial charge is 0.493 e. The zero-order valence-electron chi connectivity index (χ0n) is 11.2. The van der Waals surface area contributed by atoms with Crippen LogP contribution in [0.25, 0.3) is 0 Å². The zero-order valence-corrected chi connectivity index (χ0v) is 12.0. The van der Waals surface area contributed by atoms with Crippen LogP contribution >= 0.6 is 12.2 Å². The number of nitrogens with two attached hydrogens (primary N) is 1. The lowest BCUT2D eigenvalue weighted by molar-refractivity contribution is -0.161. The fraction of sp³-hybridized carbons (Fsp3) is 0.462. The van der Waals surface area contributed by atoms with E-state index in [4.69, 9.17) is 15.2 Å². The van der Waals surface area contributed by atoms with Gasteiger partial charge in [-0.05, 0) is 24.1 Å². The first kappa shape index (κ1) is 16.6. The van der Waals surface area contributed by atoms with E-state index >= 15 is 0 Å². The van der Waals surface area contributed by atoms with Crippen LogP contribution < -0.4 is 15.2 Å². The molecule has 20 heavy (non-hydrogen) atoms. The van der Waals surface area contributed by atoms with Crippen molar-refractivity contribution in [2.75, 3.05) is 13.7 Å². The lowest BCUT2D eigenvalue weighted by Crippen LogP contribution is -2.38. The van der Waals surface area contributed by atoms with Gasteiger partial charge in [-0.2, -0.15) is 13.2 Å². The van der Waals surface area contributed by atoms with Crippen molar-refractivity contribution in [1.29, 1.82) is 0 Å². The first-order chi connectivity index (χ1) is 9.29. The fourth-order valence-electron chi connectivity index (χ4n) is 1.56. The molecule has 2 N–H and O–H groups in total. The van der Waals surface area contributed by atoms with Gasteiger partial charge in [0.1, 0.15) is 12.5 Å². The molecule has 0 aliphatic carbocycles. The smallest absolute Gasteiger partial charge is 0.401 e. The molecule has 1 aromatic rings. The summed E-state index contributed by atoms with van der Waals surface area (Å²) in [7, 11) is 1.43. The molecule has 112 valence electrons. The van der Waals surface area contributed by atoms with Gasteiger partial charge in [0.15, 0.2) is 11.5 Å². The van der Waals surface area contributed by atoms with Crippen molar-refractivity contribution in [2.24, 2.45) is 11.7 Å². The summed E-state index contributed by atoms with van der Waals surface area (Å²) in [5.41, 5.74) is 6.10. The molecule has 0 aliphatic rings. The van der Waals surface area contributed by atoms with Crippen LogP contribution in [0.4, 0.5) is 13.2 Å². The standard InChI is InChI=1S/C13H16F3NO2S/c1-3-8-4-5-10(11(6-8)18-2)19-7-9(12(17)20)13(14,15)16/h4-6,9H,3,7H2,1-2H3,(H2,17,20). The molecular formula is C13H16F3NO2S. The van der Waals surface area contributed by atoms with Gasteiger partial charge in [0.2, 0.25) is 0 Å². The minimum atomic E-state index is -4.53. The van der Waals surface area contributed by atoms with Gasteiger partial charge >= 0.3 is 6.18 Å². The lowest BCUT2D eigenvalue weighted by Gasteiger charge is -2.20. The van der Waals surface area contributed by atoms with E-state index in [0.29, 0.717) is 5.75 Å². The highest BCUT2D eigenvalue weighted by atomic mass is 32.1. The van der Waals surface area contributed by atoms with Crippen LogP contribution in [0.3, 0.4) is 0 Å². The molecule has 0 aliphatic heterocycles. The number of thiocarbonyl (C=S) groups is 1. The van der Waals surface area contributed by atoms with Crippen molar-refractivity contribution in [1.82, 2.24) is 0 Å². The van der Waals surface area contributed by atoms with E-state index in [1.807, 2.05) is 6.92 Å². The average Bonchev–Trinajstić information content (AvgIpc) is 2.37. The van der Waals surface area contributed by atoms with Crippen LogP contribution in [0, 0.1) is 5.92 Å². The van der Waals surface area contributed by atoms with Crippen LogP contribution in [0.1, 0.15) is 12.5 Å². The molecule has 0 fully saturated rings. The molecular weight excluding hydrogens is 291 g/mol. The average molecular weight is 307 g/mol. The number of ether oxygens (including phenoxy) is 2. The zero-order chi connectivity index (χ0) is 15.3. The Morgan fingerprint density at radius 1 is 1.35 bits per heavy atom. The van der Waals surface area contributed by atoms with Gasteiger partial charge in [-0.25, -0.2) is 0 Å². The number of aryl methyl sites for hydroxylation is 1. The fourth-order valence-corrected chi connectivity index (χ4v) is 1.76. The molecule has 0 aromatic heterocycles. The minimum Gasteiger partial charge on any atom is -0.493 e. The van der Waals surface area contributed by atoms with E-state index in [0.717, 1.165) is 12.0 Å². The third kappa shape index (κ3) is 4.26. The molecule has 1 rings (SSSR count). The number of hydrogen-bond acceptors (Lipinski definition) is 3. The maximum atomic E-state index is 12.7. The molecule has 1 atom stereocenters. The number of rotatable bonds is 6. The predicted molar refractivity (Wildman–Crippen MR) is 74.2 cm³/mol. The van der Waals surface area contributed by atoms with E-state index in [1.165, 1.54) is 7.11 Å². The second kappa shape index (κ2) is 6.78. The van der Waals surface area contributed by atoms with E-state index in [-0.39, 0.29) is 5.75 Å². The van der Waals surface area contributed by atoms with Crippen LogP contribution in [-0.2, 0) is 6.42 Å². The van der Waals surface area contributed by atoms with E-state index in [9.17, 15) is 13.2 Å². The third-order valence-electron chi connectivity index (χ3n) is 2.78. The minimum absolute atomic E-state index is 0.232. The molecule has 0 spiro atoms. The monoisotopic (exact) mass is 307 g/mol. The summed E-state index contributed by atoms with van der Waals surface area (Å²) < 4.78 is 48.3. The highest BCUT2D eigenvalue weighted by Gasteiger charge is 2.42. The van der Waals surface area contributed by atoms with Gasteiger partial charge in [-0.3, -0.25) is 0 Å². The Labute approximate surface area is 120 Å². The Morgan fingerprint density at radius 3 is 2.45 bits per heavy atom. The molecule has 0 saturated carbocycles. The molecule has 3 nitrogen and oxygen atoms in total. The summed E-state index contributed by atoms with van der Waals surface area (Å²) in [6.45, 7) is 1.29. The maximum absolute atomic E-state index is 12.7. The van der Waals surface area contributed by atoms with Crippen molar-refractivity contribution in [2.45, 2.75) is 19.5 Å².